The summed E-state index contributed by atoms with van der Waals surface area (Å²) < 4.78 is 0.910. The summed E-state index contributed by atoms with van der Waals surface area (Å²) in [5.74, 6) is 1.24. The van der Waals surface area contributed by atoms with Crippen LogP contribution in [0.1, 0.15) is 13.8 Å². The second-order valence-corrected chi connectivity index (χ2v) is 6.80. The molecule has 0 aliphatic carbocycles. The van der Waals surface area contributed by atoms with E-state index in [2.05, 4.69) is 44.6 Å². The summed E-state index contributed by atoms with van der Waals surface area (Å²) in [4.78, 5) is 10.5. The lowest BCUT2D eigenvalue weighted by Crippen LogP contribution is -2.41. The van der Waals surface area contributed by atoms with Crippen LogP contribution in [0.2, 0.25) is 0 Å². The Bertz CT molecular complexity index is 377. The second-order valence-electron chi connectivity index (χ2n) is 4.06. The maximum atomic E-state index is 5.63. The Kier molecular flexibility index (Phi) is 3.59. The molecule has 1 aliphatic rings. The topological polar surface area (TPSA) is 55.0 Å². The molecule has 1 aliphatic heterocycles. The first-order valence-electron chi connectivity index (χ1n) is 5.24. The molecule has 2 heterocycles. The summed E-state index contributed by atoms with van der Waals surface area (Å²) >= 11 is 5.49. The number of nitrogen functional groups attached to an aromatic ring is 1. The van der Waals surface area contributed by atoms with Crippen molar-refractivity contribution in [2.24, 2.45) is 0 Å². The van der Waals surface area contributed by atoms with Crippen LogP contribution in [-0.4, -0.2) is 33.6 Å². The number of halogens is 1. The van der Waals surface area contributed by atoms with Crippen molar-refractivity contribution in [1.29, 1.82) is 0 Å². The van der Waals surface area contributed by atoms with E-state index in [0.717, 1.165) is 23.4 Å². The molecule has 1 aromatic rings. The van der Waals surface area contributed by atoms with Crippen LogP contribution in [0, 0.1) is 0 Å². The van der Waals surface area contributed by atoms with Crippen molar-refractivity contribution in [2.75, 3.05) is 23.7 Å². The van der Waals surface area contributed by atoms with Gasteiger partial charge in [0, 0.05) is 29.8 Å². The van der Waals surface area contributed by atoms with Gasteiger partial charge in [-0.15, -0.1) is 0 Å². The third-order valence-corrected chi connectivity index (χ3v) is 4.25. The Balaban J connectivity index is 2.25. The van der Waals surface area contributed by atoms with Gasteiger partial charge >= 0.3 is 0 Å². The molecule has 0 saturated carbocycles. The molecule has 2 N–H and O–H groups in total. The van der Waals surface area contributed by atoms with Gasteiger partial charge in [0.1, 0.15) is 5.82 Å². The Morgan fingerprint density at radius 3 is 2.69 bits per heavy atom. The van der Waals surface area contributed by atoms with Crippen LogP contribution in [0.5, 0.6) is 0 Å². The van der Waals surface area contributed by atoms with Crippen molar-refractivity contribution >= 4 is 39.5 Å². The molecule has 0 aromatic carbocycles. The molecule has 0 radical (unpaired) electrons. The van der Waals surface area contributed by atoms with Gasteiger partial charge in [-0.05, 0) is 15.9 Å². The van der Waals surface area contributed by atoms with E-state index < -0.39 is 0 Å². The Hall–Kier alpha value is -0.490. The molecular weight excluding hydrogens is 288 g/mol. The van der Waals surface area contributed by atoms with Gasteiger partial charge in [0.25, 0.3) is 0 Å². The van der Waals surface area contributed by atoms with Crippen molar-refractivity contribution in [3.05, 3.63) is 10.7 Å². The zero-order valence-electron chi connectivity index (χ0n) is 9.35. The summed E-state index contributed by atoms with van der Waals surface area (Å²) in [5.41, 5.74) is 5.63. The maximum absolute atomic E-state index is 5.63. The van der Waals surface area contributed by atoms with E-state index in [0.29, 0.717) is 16.4 Å². The number of rotatable bonds is 1. The highest BCUT2D eigenvalue weighted by Crippen LogP contribution is 2.31. The standard InChI is InChI=1S/C10H15BrN4S/c1-6-4-15(5-7(2)16-6)9-8(11)3-13-10(12)14-9/h3,6-7H,4-5H2,1-2H3,(H2,12,13,14). The average Bonchev–Trinajstić information content (AvgIpc) is 2.20. The molecule has 1 fully saturated rings. The Morgan fingerprint density at radius 1 is 1.44 bits per heavy atom. The molecule has 0 spiro atoms. The van der Waals surface area contributed by atoms with Crippen LogP contribution in [0.3, 0.4) is 0 Å². The zero-order valence-corrected chi connectivity index (χ0v) is 11.8. The highest BCUT2D eigenvalue weighted by Gasteiger charge is 2.24. The summed E-state index contributed by atoms with van der Waals surface area (Å²) in [6.45, 7) is 6.49. The molecule has 2 atom stereocenters. The number of aromatic nitrogens is 2. The van der Waals surface area contributed by atoms with Crippen molar-refractivity contribution in [3.8, 4) is 0 Å². The maximum Gasteiger partial charge on any atom is 0.222 e. The van der Waals surface area contributed by atoms with Crippen LogP contribution in [0.25, 0.3) is 0 Å². The fourth-order valence-corrected chi connectivity index (χ4v) is 3.71. The van der Waals surface area contributed by atoms with Crippen LogP contribution in [-0.2, 0) is 0 Å². The lowest BCUT2D eigenvalue weighted by Gasteiger charge is -2.35. The van der Waals surface area contributed by atoms with E-state index in [1.807, 2.05) is 11.8 Å². The minimum absolute atomic E-state index is 0.330. The fraction of sp³-hybridized carbons (Fsp3) is 0.600. The van der Waals surface area contributed by atoms with Crippen molar-refractivity contribution < 1.29 is 0 Å². The number of anilines is 2. The zero-order chi connectivity index (χ0) is 11.7. The van der Waals surface area contributed by atoms with Crippen LogP contribution in [0.15, 0.2) is 10.7 Å². The van der Waals surface area contributed by atoms with Crippen molar-refractivity contribution in [1.82, 2.24) is 9.97 Å². The molecule has 6 heteroatoms. The van der Waals surface area contributed by atoms with Crippen molar-refractivity contribution in [3.63, 3.8) is 0 Å². The van der Waals surface area contributed by atoms with Crippen LogP contribution in [0.4, 0.5) is 11.8 Å². The largest absolute Gasteiger partial charge is 0.368 e. The first kappa shape index (κ1) is 12.0. The van der Waals surface area contributed by atoms with Gasteiger partial charge in [-0.2, -0.15) is 16.7 Å². The summed E-state index contributed by atoms with van der Waals surface area (Å²) in [6, 6.07) is 0. The highest BCUT2D eigenvalue weighted by molar-refractivity contribution is 9.10. The van der Waals surface area contributed by atoms with Crippen LogP contribution >= 0.6 is 27.7 Å². The van der Waals surface area contributed by atoms with Gasteiger partial charge in [-0.3, -0.25) is 0 Å². The Morgan fingerprint density at radius 2 is 2.06 bits per heavy atom. The first-order valence-corrected chi connectivity index (χ1v) is 6.98. The molecule has 4 nitrogen and oxygen atoms in total. The monoisotopic (exact) mass is 302 g/mol. The van der Waals surface area contributed by atoms with Crippen molar-refractivity contribution in [2.45, 2.75) is 24.3 Å². The third kappa shape index (κ3) is 2.60. The van der Waals surface area contributed by atoms with E-state index >= 15 is 0 Å². The van der Waals surface area contributed by atoms with Gasteiger partial charge in [-0.1, -0.05) is 13.8 Å². The predicted molar refractivity (Wildman–Crippen MR) is 72.9 cm³/mol. The molecule has 0 amide bonds. The van der Waals surface area contributed by atoms with Gasteiger partial charge < -0.3 is 10.6 Å². The lowest BCUT2D eigenvalue weighted by molar-refractivity contribution is 0.716. The molecule has 16 heavy (non-hydrogen) atoms. The second kappa shape index (κ2) is 4.79. The SMILES string of the molecule is CC1CN(c2nc(N)ncc2Br)CC(C)S1. The number of nitrogens with zero attached hydrogens (tertiary/aromatic N) is 3. The van der Waals surface area contributed by atoms with E-state index in [4.69, 9.17) is 5.73 Å². The fourth-order valence-electron chi connectivity index (χ4n) is 1.94. The number of nitrogens with two attached hydrogens (primary N) is 1. The first-order chi connectivity index (χ1) is 7.56. The van der Waals surface area contributed by atoms with Crippen LogP contribution < -0.4 is 10.6 Å². The molecule has 0 bridgehead atoms. The van der Waals surface area contributed by atoms with E-state index in [1.54, 1.807) is 6.20 Å². The molecule has 2 rings (SSSR count). The normalized spacial score (nSPS) is 25.8. The lowest BCUT2D eigenvalue weighted by atomic mass is 10.3. The Labute approximate surface area is 108 Å². The minimum atomic E-state index is 0.330. The summed E-state index contributed by atoms with van der Waals surface area (Å²) in [7, 11) is 0. The van der Waals surface area contributed by atoms with Gasteiger partial charge in [0.15, 0.2) is 0 Å². The number of hydrogen-bond donors (Lipinski definition) is 1. The molecule has 88 valence electrons. The van der Waals surface area contributed by atoms with E-state index in [1.165, 1.54) is 0 Å². The van der Waals surface area contributed by atoms with Gasteiger partial charge in [0.05, 0.1) is 4.47 Å². The molecular formula is C10H15BrN4S. The minimum Gasteiger partial charge on any atom is -0.368 e. The van der Waals surface area contributed by atoms with Gasteiger partial charge in [-0.25, -0.2) is 4.98 Å². The molecule has 1 aromatic heterocycles. The van der Waals surface area contributed by atoms with Gasteiger partial charge in [0.2, 0.25) is 5.95 Å². The summed E-state index contributed by atoms with van der Waals surface area (Å²) in [6.07, 6.45) is 1.72. The highest BCUT2D eigenvalue weighted by atomic mass is 79.9. The molecule has 2 unspecified atom stereocenters. The third-order valence-electron chi connectivity index (χ3n) is 2.46. The van der Waals surface area contributed by atoms with E-state index in [9.17, 15) is 0 Å². The smallest absolute Gasteiger partial charge is 0.222 e. The number of thioether (sulfide) groups is 1. The molecule has 1 saturated heterocycles. The van der Waals surface area contributed by atoms with E-state index in [-0.39, 0.29) is 0 Å². The predicted octanol–water partition coefficient (Wildman–Crippen LogP) is 2.15. The number of hydrogen-bond acceptors (Lipinski definition) is 5. The quantitative estimate of drug-likeness (QED) is 0.861. The average molecular weight is 303 g/mol. The summed E-state index contributed by atoms with van der Waals surface area (Å²) in [5, 5.41) is 1.23.